The van der Waals surface area contributed by atoms with Crippen LogP contribution in [0, 0.1) is 6.92 Å². The van der Waals surface area contributed by atoms with Crippen LogP contribution in [0.15, 0.2) is 45.6 Å². The molecule has 0 aliphatic heterocycles. The summed E-state index contributed by atoms with van der Waals surface area (Å²) in [5.74, 6) is 1.02. The molecule has 0 spiro atoms. The third kappa shape index (κ3) is 4.31. The van der Waals surface area contributed by atoms with Crippen LogP contribution in [0.5, 0.6) is 5.75 Å². The van der Waals surface area contributed by atoms with Gasteiger partial charge in [-0.1, -0.05) is 18.2 Å². The molecule has 3 rings (SSSR count). The normalized spacial score (nSPS) is 12.2. The summed E-state index contributed by atoms with van der Waals surface area (Å²) in [7, 11) is 0. The third-order valence-electron chi connectivity index (χ3n) is 4.60. The highest BCUT2D eigenvalue weighted by Gasteiger charge is 2.15. The Bertz CT molecular complexity index is 1050. The number of carbonyl (C=O) groups excluding carboxylic acids is 1. The number of ether oxygens (including phenoxy) is 1. The molecule has 148 valence electrons. The lowest BCUT2D eigenvalue weighted by Gasteiger charge is -2.16. The van der Waals surface area contributed by atoms with E-state index in [0.717, 1.165) is 16.5 Å². The summed E-state index contributed by atoms with van der Waals surface area (Å²) >= 11 is 1.66. The van der Waals surface area contributed by atoms with Gasteiger partial charge in [0.15, 0.2) is 6.61 Å². The smallest absolute Gasteiger partial charge is 0.344 e. The fraction of sp³-hybridized carbons (Fsp3) is 0.333. The lowest BCUT2D eigenvalue weighted by Crippen LogP contribution is -2.40. The molecule has 1 unspecified atom stereocenters. The van der Waals surface area contributed by atoms with E-state index >= 15 is 0 Å². The van der Waals surface area contributed by atoms with Crippen molar-refractivity contribution in [3.8, 4) is 5.75 Å². The molecule has 0 saturated heterocycles. The number of benzene rings is 2. The Balaban J connectivity index is 1.79. The molecule has 1 heterocycles. The maximum atomic E-state index is 12.3. The molecule has 0 bridgehead atoms. The summed E-state index contributed by atoms with van der Waals surface area (Å²) < 4.78 is 11.2. The predicted octanol–water partition coefficient (Wildman–Crippen LogP) is 2.86. The maximum Gasteiger partial charge on any atom is 0.344 e. The van der Waals surface area contributed by atoms with Crippen molar-refractivity contribution in [3.05, 3.63) is 52.4 Å². The molecule has 7 heteroatoms. The monoisotopic (exact) mass is 401 g/mol. The molecule has 1 atom stereocenters. The quantitative estimate of drug-likeness (QED) is 0.446. The van der Waals surface area contributed by atoms with Gasteiger partial charge in [-0.15, -0.1) is 0 Å². The van der Waals surface area contributed by atoms with Crippen molar-refractivity contribution < 1.29 is 19.1 Å². The first-order chi connectivity index (χ1) is 13.5. The minimum atomic E-state index is -0.402. The molecule has 0 saturated carbocycles. The molecule has 6 nitrogen and oxygen atoms in total. The lowest BCUT2D eigenvalue weighted by molar-refractivity contribution is -0.124. The molecular weight excluding hydrogens is 378 g/mol. The Hall–Kier alpha value is -2.51. The zero-order chi connectivity index (χ0) is 20.1. The molecule has 3 aromatic rings. The van der Waals surface area contributed by atoms with Gasteiger partial charge < -0.3 is 19.6 Å². The zero-order valence-corrected chi connectivity index (χ0v) is 16.7. The van der Waals surface area contributed by atoms with E-state index in [-0.39, 0.29) is 25.2 Å². The Labute approximate surface area is 166 Å². The van der Waals surface area contributed by atoms with Crippen molar-refractivity contribution in [2.75, 3.05) is 25.2 Å². The van der Waals surface area contributed by atoms with Crippen molar-refractivity contribution >= 4 is 39.4 Å². The Kier molecular flexibility index (Phi) is 6.59. The van der Waals surface area contributed by atoms with E-state index in [1.165, 1.54) is 0 Å². The van der Waals surface area contributed by atoms with Crippen molar-refractivity contribution in [1.29, 1.82) is 0 Å². The first kappa shape index (κ1) is 20.2. The lowest BCUT2D eigenvalue weighted by atomic mass is 10.0. The van der Waals surface area contributed by atoms with Crippen molar-refractivity contribution in [2.45, 2.75) is 19.4 Å². The van der Waals surface area contributed by atoms with E-state index in [2.05, 4.69) is 5.32 Å². The zero-order valence-electron chi connectivity index (χ0n) is 15.9. The molecule has 0 aliphatic carbocycles. The van der Waals surface area contributed by atoms with Gasteiger partial charge in [0.1, 0.15) is 11.3 Å². The van der Waals surface area contributed by atoms with E-state index in [0.29, 0.717) is 28.7 Å². The summed E-state index contributed by atoms with van der Waals surface area (Å²) in [5.41, 5.74) is 0.713. The number of hydrogen-bond acceptors (Lipinski definition) is 6. The van der Waals surface area contributed by atoms with Crippen LogP contribution >= 0.6 is 11.8 Å². The largest absolute Gasteiger partial charge is 0.483 e. The van der Waals surface area contributed by atoms with E-state index in [9.17, 15) is 14.7 Å². The standard InChI is InChI=1S/C21H23NO5S/c1-13-18(26-12-19(24)22-14(11-23)9-10-28-2)8-7-16-15-5-3-4-6-17(15)21(25)27-20(13)16/h3-8,14,23H,9-12H2,1-2H3,(H,22,24). The second-order valence-corrected chi connectivity index (χ2v) is 7.50. The number of fused-ring (bicyclic) bond motifs is 3. The average Bonchev–Trinajstić information content (AvgIpc) is 2.71. The van der Waals surface area contributed by atoms with Gasteiger partial charge in [0, 0.05) is 10.9 Å². The number of thioether (sulfide) groups is 1. The SMILES string of the molecule is CSCCC(CO)NC(=O)COc1ccc2c(oc(=O)c3ccccc32)c1C. The van der Waals surface area contributed by atoms with Gasteiger partial charge in [0.2, 0.25) is 0 Å². The van der Waals surface area contributed by atoms with Crippen LogP contribution in [-0.2, 0) is 4.79 Å². The highest BCUT2D eigenvalue weighted by Crippen LogP contribution is 2.30. The number of hydrogen-bond donors (Lipinski definition) is 2. The molecular formula is C21H23NO5S. The van der Waals surface area contributed by atoms with Gasteiger partial charge in [-0.05, 0) is 48.9 Å². The Morgan fingerprint density at radius 3 is 2.68 bits per heavy atom. The number of aliphatic hydroxyl groups is 1. The second kappa shape index (κ2) is 9.12. The molecule has 0 fully saturated rings. The minimum absolute atomic E-state index is 0.112. The highest BCUT2D eigenvalue weighted by molar-refractivity contribution is 7.98. The summed E-state index contributed by atoms with van der Waals surface area (Å²) in [6.45, 7) is 1.50. The minimum Gasteiger partial charge on any atom is -0.483 e. The van der Waals surface area contributed by atoms with E-state index < -0.39 is 5.63 Å². The van der Waals surface area contributed by atoms with Gasteiger partial charge in [-0.2, -0.15) is 11.8 Å². The van der Waals surface area contributed by atoms with Gasteiger partial charge in [0.25, 0.3) is 5.91 Å². The van der Waals surface area contributed by atoms with Crippen LogP contribution in [0.1, 0.15) is 12.0 Å². The summed E-state index contributed by atoms with van der Waals surface area (Å²) in [6, 6.07) is 10.6. The van der Waals surface area contributed by atoms with Gasteiger partial charge in [0.05, 0.1) is 18.0 Å². The first-order valence-electron chi connectivity index (χ1n) is 9.02. The molecule has 1 amide bonds. The highest BCUT2D eigenvalue weighted by atomic mass is 32.2. The molecule has 0 radical (unpaired) electrons. The summed E-state index contributed by atoms with van der Waals surface area (Å²) in [5, 5.41) is 14.3. The van der Waals surface area contributed by atoms with Crippen molar-refractivity contribution in [1.82, 2.24) is 5.32 Å². The Morgan fingerprint density at radius 2 is 1.96 bits per heavy atom. The van der Waals surface area contributed by atoms with Crippen LogP contribution in [0.4, 0.5) is 0 Å². The number of nitrogens with one attached hydrogen (secondary N) is 1. The van der Waals surface area contributed by atoms with Gasteiger partial charge >= 0.3 is 5.63 Å². The summed E-state index contributed by atoms with van der Waals surface area (Å²) in [6.07, 6.45) is 2.67. The number of rotatable bonds is 8. The number of aliphatic hydroxyl groups excluding tert-OH is 1. The fourth-order valence-corrected chi connectivity index (χ4v) is 3.62. The summed E-state index contributed by atoms with van der Waals surface area (Å²) in [4.78, 5) is 24.4. The van der Waals surface area contributed by atoms with E-state index in [1.54, 1.807) is 36.9 Å². The van der Waals surface area contributed by atoms with E-state index in [1.807, 2.05) is 24.5 Å². The Morgan fingerprint density at radius 1 is 1.21 bits per heavy atom. The molecule has 2 aromatic carbocycles. The fourth-order valence-electron chi connectivity index (χ4n) is 3.10. The van der Waals surface area contributed by atoms with Gasteiger partial charge in [-0.3, -0.25) is 4.79 Å². The molecule has 2 N–H and O–H groups in total. The van der Waals surface area contributed by atoms with Gasteiger partial charge in [-0.25, -0.2) is 4.79 Å². The van der Waals surface area contributed by atoms with E-state index in [4.69, 9.17) is 9.15 Å². The molecule has 1 aromatic heterocycles. The van der Waals surface area contributed by atoms with Crippen LogP contribution in [0.25, 0.3) is 21.7 Å². The van der Waals surface area contributed by atoms with Crippen molar-refractivity contribution in [2.24, 2.45) is 0 Å². The van der Waals surface area contributed by atoms with Crippen LogP contribution in [-0.4, -0.2) is 42.3 Å². The first-order valence-corrected chi connectivity index (χ1v) is 10.4. The predicted molar refractivity (Wildman–Crippen MR) is 112 cm³/mol. The third-order valence-corrected chi connectivity index (χ3v) is 5.25. The number of amides is 1. The number of carbonyl (C=O) groups is 1. The van der Waals surface area contributed by atoms with Crippen LogP contribution in [0.3, 0.4) is 0 Å². The average molecular weight is 401 g/mol. The number of aryl methyl sites for hydroxylation is 1. The maximum absolute atomic E-state index is 12.3. The van der Waals surface area contributed by atoms with Crippen LogP contribution in [0.2, 0.25) is 0 Å². The molecule has 0 aliphatic rings. The topological polar surface area (TPSA) is 88.8 Å². The van der Waals surface area contributed by atoms with Crippen molar-refractivity contribution in [3.63, 3.8) is 0 Å². The second-order valence-electron chi connectivity index (χ2n) is 6.52. The molecule has 28 heavy (non-hydrogen) atoms. The van der Waals surface area contributed by atoms with Crippen LogP contribution < -0.4 is 15.7 Å².